The molecule has 2 aliphatic rings. The average Bonchev–Trinajstić information content (AvgIpc) is 3.74. The third-order valence-corrected chi connectivity index (χ3v) is 13.5. The number of nitrogens with zero attached hydrogens (tertiary/aromatic N) is 3. The van der Waals surface area contributed by atoms with Crippen molar-refractivity contribution >= 4 is 78.4 Å². The van der Waals surface area contributed by atoms with Crippen LogP contribution < -0.4 is 19.7 Å². The van der Waals surface area contributed by atoms with E-state index in [4.69, 9.17) is 0 Å². The standard InChI is InChI=1S/C46H48N4O6S3/c1-3-33(29-45-50(25-12-26-59(54,55)56)40-30-35(20-22-42(40)58-45)34-13-5-4-6-14-34)28-44-49(39-27-32(2)19-21-41(39)57-44)24-10-8-18-43(51)47-36-15-11-16-37(31-36)48-23-9-7-17-38(48)46(52)53/h4-7,9,11,13-16,19-22,27-31,38H,3,8,10,12,17-18,23-26H2,1-2H3,(H2-,47,51,52,53,54,55,56). The van der Waals surface area contributed by atoms with E-state index < -0.39 is 27.9 Å². The molecule has 10 nitrogen and oxygen atoms in total. The Morgan fingerprint density at radius 1 is 0.966 bits per heavy atom. The van der Waals surface area contributed by atoms with Crippen molar-refractivity contribution in [3.63, 3.8) is 0 Å². The highest BCUT2D eigenvalue weighted by Crippen LogP contribution is 2.47. The van der Waals surface area contributed by atoms with Crippen LogP contribution in [0.5, 0.6) is 0 Å². The lowest BCUT2D eigenvalue weighted by atomic mass is 10.1. The fourth-order valence-corrected chi connectivity index (χ4v) is 10.3. The van der Waals surface area contributed by atoms with Crippen LogP contribution >= 0.6 is 23.1 Å². The van der Waals surface area contributed by atoms with Crippen molar-refractivity contribution in [1.29, 1.82) is 0 Å². The highest BCUT2D eigenvalue weighted by molar-refractivity contribution is 8.03. The Morgan fingerprint density at radius 2 is 1.80 bits per heavy atom. The second-order valence-corrected chi connectivity index (χ2v) is 18.5. The first kappa shape index (κ1) is 41.9. The van der Waals surface area contributed by atoms with Crippen LogP contribution in [0.25, 0.3) is 27.4 Å². The molecule has 1 unspecified atom stereocenters. The number of benzene rings is 4. The first-order chi connectivity index (χ1) is 28.5. The van der Waals surface area contributed by atoms with Gasteiger partial charge >= 0.3 is 5.97 Å². The molecule has 1 atom stereocenters. The fraction of sp³-hybridized carbons (Fsp3) is 0.283. The number of carbonyl (C=O) groups is 2. The summed E-state index contributed by atoms with van der Waals surface area (Å²) in [6, 6.07) is 29.7. The summed E-state index contributed by atoms with van der Waals surface area (Å²) in [6.45, 7) is 5.83. The largest absolute Gasteiger partial charge is 0.748 e. The first-order valence-electron chi connectivity index (χ1n) is 19.9. The molecule has 13 heteroatoms. The van der Waals surface area contributed by atoms with Crippen molar-refractivity contribution in [3.05, 3.63) is 130 Å². The SMILES string of the molecule is CCC(=Cc1sc2ccc(-c3ccccc3)cc2[n+]1CCCS(=O)(=O)[O-])C=C1Sc2ccc(C)cc2N1CCCCC(=O)Nc1cccc(N2CC=CCC2C(=O)O)c1. The van der Waals surface area contributed by atoms with Gasteiger partial charge in [-0.15, -0.1) is 0 Å². The number of nitrogens with one attached hydrogen (secondary N) is 1. The molecule has 3 heterocycles. The fourth-order valence-electron chi connectivity index (χ4n) is 7.49. The van der Waals surface area contributed by atoms with E-state index in [-0.39, 0.29) is 12.3 Å². The highest BCUT2D eigenvalue weighted by Gasteiger charge is 2.28. The van der Waals surface area contributed by atoms with Crippen molar-refractivity contribution in [1.82, 2.24) is 0 Å². The van der Waals surface area contributed by atoms with Gasteiger partial charge in [0, 0.05) is 60.1 Å². The molecule has 2 aliphatic heterocycles. The first-order valence-corrected chi connectivity index (χ1v) is 23.1. The summed E-state index contributed by atoms with van der Waals surface area (Å²) in [5.74, 6) is -1.38. The zero-order valence-corrected chi connectivity index (χ0v) is 35.6. The number of hydrogen-bond acceptors (Lipinski definition) is 9. The summed E-state index contributed by atoms with van der Waals surface area (Å²) in [7, 11) is -4.35. The summed E-state index contributed by atoms with van der Waals surface area (Å²) in [5, 5.41) is 14.8. The molecule has 0 bridgehead atoms. The predicted octanol–water partition coefficient (Wildman–Crippen LogP) is 9.38. The Bertz CT molecular complexity index is 2550. The van der Waals surface area contributed by atoms with Crippen LogP contribution in [0.4, 0.5) is 17.1 Å². The van der Waals surface area contributed by atoms with Crippen LogP contribution in [0, 0.1) is 6.92 Å². The lowest BCUT2D eigenvalue weighted by Crippen LogP contribution is -2.43. The molecule has 306 valence electrons. The second kappa shape index (κ2) is 18.8. The number of thiazole rings is 1. The van der Waals surface area contributed by atoms with Gasteiger partial charge < -0.3 is 24.8 Å². The normalized spacial score (nSPS) is 16.2. The van der Waals surface area contributed by atoms with Crippen molar-refractivity contribution < 1.29 is 32.2 Å². The Morgan fingerprint density at radius 3 is 2.58 bits per heavy atom. The van der Waals surface area contributed by atoms with Gasteiger partial charge in [-0.2, -0.15) is 4.57 Å². The molecule has 0 aliphatic carbocycles. The average molecular weight is 849 g/mol. The number of aryl methyl sites for hydroxylation is 2. The van der Waals surface area contributed by atoms with Gasteiger partial charge in [0.2, 0.25) is 11.4 Å². The van der Waals surface area contributed by atoms with Crippen LogP contribution in [0.2, 0.25) is 0 Å². The van der Waals surface area contributed by atoms with Crippen LogP contribution in [0.1, 0.15) is 56.0 Å². The molecule has 0 saturated carbocycles. The number of carboxylic acids is 1. The smallest absolute Gasteiger partial charge is 0.326 e. The van der Waals surface area contributed by atoms with Crippen LogP contribution in [0.15, 0.2) is 125 Å². The van der Waals surface area contributed by atoms with Crippen molar-refractivity contribution in [2.24, 2.45) is 0 Å². The van der Waals surface area contributed by atoms with E-state index in [1.54, 1.807) is 23.1 Å². The highest BCUT2D eigenvalue weighted by atomic mass is 32.2. The number of carbonyl (C=O) groups excluding carboxylic acids is 1. The molecule has 0 fully saturated rings. The van der Waals surface area contributed by atoms with Gasteiger partial charge in [0.05, 0.1) is 20.8 Å². The number of aromatic nitrogens is 1. The Balaban J connectivity index is 1.08. The minimum Gasteiger partial charge on any atom is -0.748 e. The van der Waals surface area contributed by atoms with Gasteiger partial charge in [-0.05, 0) is 97.3 Å². The molecule has 0 spiro atoms. The number of thioether (sulfide) groups is 1. The number of hydrogen-bond donors (Lipinski definition) is 2. The molecular weight excluding hydrogens is 801 g/mol. The molecule has 59 heavy (non-hydrogen) atoms. The maximum atomic E-state index is 13.1. The van der Waals surface area contributed by atoms with Crippen molar-refractivity contribution in [2.45, 2.75) is 69.9 Å². The van der Waals surface area contributed by atoms with E-state index in [0.717, 1.165) is 67.7 Å². The number of carboxylic acid groups (broad SMARTS) is 1. The number of amides is 1. The Kier molecular flexibility index (Phi) is 13.4. The van der Waals surface area contributed by atoms with Gasteiger partial charge in [0.15, 0.2) is 6.54 Å². The number of aliphatic carboxylic acids is 1. The molecule has 7 rings (SSSR count). The molecule has 4 aromatic carbocycles. The summed E-state index contributed by atoms with van der Waals surface area (Å²) in [6.07, 6.45) is 11.5. The molecule has 1 aromatic heterocycles. The third kappa shape index (κ3) is 10.5. The lowest BCUT2D eigenvalue weighted by molar-refractivity contribution is -0.668. The maximum Gasteiger partial charge on any atom is 0.326 e. The topological polar surface area (TPSA) is 134 Å². The molecular formula is C46H48N4O6S3. The van der Waals surface area contributed by atoms with E-state index in [0.29, 0.717) is 38.0 Å². The van der Waals surface area contributed by atoms with Gasteiger partial charge in [-0.3, -0.25) is 4.79 Å². The maximum absolute atomic E-state index is 13.1. The Labute approximate surface area is 354 Å². The van der Waals surface area contributed by atoms with Gasteiger partial charge in [-0.1, -0.05) is 90.7 Å². The minimum atomic E-state index is -4.35. The number of allylic oxidation sites excluding steroid dienone is 2. The molecule has 1 amide bonds. The monoisotopic (exact) mass is 848 g/mol. The number of fused-ring (bicyclic) bond motifs is 2. The van der Waals surface area contributed by atoms with Crippen molar-refractivity contribution in [3.8, 4) is 11.1 Å². The van der Waals surface area contributed by atoms with Gasteiger partial charge in [0.25, 0.3) is 5.01 Å². The van der Waals surface area contributed by atoms with Gasteiger partial charge in [0.1, 0.15) is 10.7 Å². The van der Waals surface area contributed by atoms with Crippen molar-refractivity contribution in [2.75, 3.05) is 34.0 Å². The molecule has 0 radical (unpaired) electrons. The zero-order chi connectivity index (χ0) is 41.5. The number of anilines is 3. The Hall–Kier alpha value is -5.21. The van der Waals surface area contributed by atoms with Crippen LogP contribution in [-0.4, -0.2) is 54.8 Å². The molecule has 0 saturated heterocycles. The number of unbranched alkanes of at least 4 members (excludes halogenated alkanes) is 1. The van der Waals surface area contributed by atoms with E-state index in [9.17, 15) is 27.7 Å². The van der Waals surface area contributed by atoms with E-state index >= 15 is 0 Å². The zero-order valence-electron chi connectivity index (χ0n) is 33.2. The third-order valence-electron chi connectivity index (χ3n) is 10.5. The minimum absolute atomic E-state index is 0.0881. The summed E-state index contributed by atoms with van der Waals surface area (Å²) < 4.78 is 37.9. The van der Waals surface area contributed by atoms with Crippen LogP contribution in [-0.2, 0) is 26.3 Å². The summed E-state index contributed by atoms with van der Waals surface area (Å²) in [5.41, 5.74) is 7.97. The molecule has 2 N–H and O–H groups in total. The van der Waals surface area contributed by atoms with E-state index in [1.807, 2.05) is 59.5 Å². The molecule has 5 aromatic rings. The lowest BCUT2D eigenvalue weighted by Gasteiger charge is -2.32. The van der Waals surface area contributed by atoms with Crippen LogP contribution in [0.3, 0.4) is 0 Å². The number of rotatable bonds is 16. The summed E-state index contributed by atoms with van der Waals surface area (Å²) in [4.78, 5) is 30.3. The van der Waals surface area contributed by atoms with E-state index in [1.165, 1.54) is 10.5 Å². The van der Waals surface area contributed by atoms with E-state index in [2.05, 4.69) is 89.3 Å². The predicted molar refractivity (Wildman–Crippen MR) is 239 cm³/mol. The van der Waals surface area contributed by atoms with Gasteiger partial charge in [-0.25, -0.2) is 13.2 Å². The second-order valence-electron chi connectivity index (χ2n) is 14.8. The summed E-state index contributed by atoms with van der Waals surface area (Å²) >= 11 is 3.38. The quantitative estimate of drug-likeness (QED) is 0.0431.